The summed E-state index contributed by atoms with van der Waals surface area (Å²) in [4.78, 5) is 22.3. The van der Waals surface area contributed by atoms with Crippen molar-refractivity contribution in [1.82, 2.24) is 0 Å². The van der Waals surface area contributed by atoms with Gasteiger partial charge >= 0.3 is 6.61 Å². The molecule has 0 aliphatic heterocycles. The number of nitrogens with one attached hydrogen (secondary N) is 2. The Kier molecular flexibility index (Phi) is 6.67. The van der Waals surface area contributed by atoms with Gasteiger partial charge in [-0.15, -0.1) is 0 Å². The number of para-hydroxylation sites is 2. The fraction of sp³-hybridized carbons (Fsp3) is 0.188. The lowest BCUT2D eigenvalue weighted by Gasteiger charge is -2.10. The minimum absolute atomic E-state index is 0.0267. The highest BCUT2D eigenvalue weighted by Crippen LogP contribution is 2.29. The largest absolute Gasteiger partial charge is 0.433 e. The third-order valence-electron chi connectivity index (χ3n) is 3.20. The molecule has 1 amide bonds. The molecule has 0 aliphatic carbocycles. The number of benzene rings is 2. The Bertz CT molecular complexity index is 805. The third-order valence-corrected chi connectivity index (χ3v) is 3.50. The monoisotopic (exact) mass is 385 g/mol. The minimum Gasteiger partial charge on any atom is -0.433 e. The van der Waals surface area contributed by atoms with E-state index in [0.717, 1.165) is 0 Å². The summed E-state index contributed by atoms with van der Waals surface area (Å²) in [6.07, 6.45) is 0.0267. The van der Waals surface area contributed by atoms with Gasteiger partial charge < -0.3 is 15.4 Å². The fourth-order valence-corrected chi connectivity index (χ4v) is 2.31. The first-order valence-electron chi connectivity index (χ1n) is 7.38. The van der Waals surface area contributed by atoms with Crippen LogP contribution in [0.25, 0.3) is 0 Å². The van der Waals surface area contributed by atoms with Gasteiger partial charge in [0.1, 0.15) is 11.4 Å². The highest BCUT2D eigenvalue weighted by atomic mass is 35.5. The number of nitro groups is 1. The van der Waals surface area contributed by atoms with E-state index < -0.39 is 11.5 Å². The first-order chi connectivity index (χ1) is 12.4. The van der Waals surface area contributed by atoms with Gasteiger partial charge in [-0.25, -0.2) is 0 Å². The number of ether oxygens (including phenoxy) is 1. The Balaban J connectivity index is 1.88. The molecule has 0 fully saturated rings. The Morgan fingerprint density at radius 2 is 2.00 bits per heavy atom. The predicted molar refractivity (Wildman–Crippen MR) is 92.9 cm³/mol. The molecule has 0 atom stereocenters. The highest BCUT2D eigenvalue weighted by Gasteiger charge is 2.13. The van der Waals surface area contributed by atoms with Gasteiger partial charge in [0.2, 0.25) is 5.91 Å². The van der Waals surface area contributed by atoms with Crippen molar-refractivity contribution in [3.8, 4) is 5.75 Å². The lowest BCUT2D eigenvalue weighted by atomic mass is 10.2. The average molecular weight is 386 g/mol. The normalized spacial score (nSPS) is 10.5. The molecule has 2 N–H and O–H groups in total. The SMILES string of the molecule is O=C(CCNc1ccccc1[N+](=O)[O-])Nc1ccc(OC(F)F)c(Cl)c1. The van der Waals surface area contributed by atoms with Crippen LogP contribution in [0.2, 0.25) is 5.02 Å². The van der Waals surface area contributed by atoms with Crippen molar-refractivity contribution in [3.63, 3.8) is 0 Å². The molecule has 7 nitrogen and oxygen atoms in total. The summed E-state index contributed by atoms with van der Waals surface area (Å²) >= 11 is 5.80. The van der Waals surface area contributed by atoms with E-state index in [1.165, 1.54) is 30.3 Å². The summed E-state index contributed by atoms with van der Waals surface area (Å²) in [5.41, 5.74) is 0.531. The van der Waals surface area contributed by atoms with Gasteiger partial charge in [0, 0.05) is 24.7 Å². The van der Waals surface area contributed by atoms with Gasteiger partial charge in [-0.05, 0) is 24.3 Å². The Morgan fingerprint density at radius 3 is 2.65 bits per heavy atom. The van der Waals surface area contributed by atoms with Gasteiger partial charge in [-0.3, -0.25) is 14.9 Å². The van der Waals surface area contributed by atoms with E-state index in [0.29, 0.717) is 11.4 Å². The first kappa shape index (κ1) is 19.4. The zero-order chi connectivity index (χ0) is 19.1. The van der Waals surface area contributed by atoms with Crippen LogP contribution in [0.4, 0.5) is 25.8 Å². The number of carbonyl (C=O) groups excluding carboxylic acids is 1. The first-order valence-corrected chi connectivity index (χ1v) is 7.76. The van der Waals surface area contributed by atoms with E-state index in [4.69, 9.17) is 11.6 Å². The topological polar surface area (TPSA) is 93.5 Å². The van der Waals surface area contributed by atoms with E-state index in [-0.39, 0.29) is 35.3 Å². The zero-order valence-electron chi connectivity index (χ0n) is 13.2. The molecule has 0 aromatic heterocycles. The third kappa shape index (κ3) is 5.55. The average Bonchev–Trinajstić information content (AvgIpc) is 2.57. The van der Waals surface area contributed by atoms with Gasteiger partial charge in [-0.2, -0.15) is 8.78 Å². The molecule has 0 unspecified atom stereocenters. The van der Waals surface area contributed by atoms with Crippen LogP contribution in [-0.2, 0) is 4.79 Å². The predicted octanol–water partition coefficient (Wildman–Crippen LogP) is 4.29. The standard InChI is InChI=1S/C16H14ClF2N3O4/c17-11-9-10(5-6-14(11)26-16(18)19)21-15(23)7-8-20-12-3-1-2-4-13(12)22(24)25/h1-6,9,16,20H,7-8H2,(H,21,23). The van der Waals surface area contributed by atoms with Gasteiger partial charge in [0.05, 0.1) is 9.95 Å². The van der Waals surface area contributed by atoms with Crippen molar-refractivity contribution in [2.45, 2.75) is 13.0 Å². The maximum Gasteiger partial charge on any atom is 0.387 e. The molecule has 0 saturated carbocycles. The van der Waals surface area contributed by atoms with E-state index in [1.807, 2.05) is 0 Å². The highest BCUT2D eigenvalue weighted by molar-refractivity contribution is 6.32. The fourth-order valence-electron chi connectivity index (χ4n) is 2.09. The van der Waals surface area contributed by atoms with E-state index in [9.17, 15) is 23.7 Å². The van der Waals surface area contributed by atoms with Crippen LogP contribution in [0.3, 0.4) is 0 Å². The van der Waals surface area contributed by atoms with Gasteiger partial charge in [0.25, 0.3) is 5.69 Å². The Morgan fingerprint density at radius 1 is 1.27 bits per heavy atom. The van der Waals surface area contributed by atoms with Crippen LogP contribution in [-0.4, -0.2) is 24.0 Å². The van der Waals surface area contributed by atoms with Crippen LogP contribution in [0.15, 0.2) is 42.5 Å². The molecule has 0 spiro atoms. The molecule has 26 heavy (non-hydrogen) atoms. The molecule has 138 valence electrons. The van der Waals surface area contributed by atoms with Crippen molar-refractivity contribution >= 4 is 34.6 Å². The number of halogens is 3. The molecule has 0 aliphatic rings. The molecule has 0 radical (unpaired) electrons. The maximum atomic E-state index is 12.2. The summed E-state index contributed by atoms with van der Waals surface area (Å²) < 4.78 is 28.5. The molecule has 2 rings (SSSR count). The van der Waals surface area contributed by atoms with Crippen molar-refractivity contribution in [2.24, 2.45) is 0 Å². The summed E-state index contributed by atoms with van der Waals surface area (Å²) in [5, 5.41) is 16.2. The van der Waals surface area contributed by atoms with Crippen molar-refractivity contribution < 1.29 is 23.2 Å². The maximum absolute atomic E-state index is 12.2. The van der Waals surface area contributed by atoms with Crippen molar-refractivity contribution in [3.05, 3.63) is 57.6 Å². The van der Waals surface area contributed by atoms with Gasteiger partial charge in [-0.1, -0.05) is 23.7 Å². The smallest absolute Gasteiger partial charge is 0.387 e. The van der Waals surface area contributed by atoms with Crippen LogP contribution in [0, 0.1) is 10.1 Å². The number of rotatable bonds is 8. The van der Waals surface area contributed by atoms with Crippen LogP contribution in [0.5, 0.6) is 5.75 Å². The van der Waals surface area contributed by atoms with Gasteiger partial charge in [0.15, 0.2) is 0 Å². The summed E-state index contributed by atoms with van der Waals surface area (Å²) in [6, 6.07) is 9.95. The Hall–Kier alpha value is -2.94. The molecular formula is C16H14ClF2N3O4. The summed E-state index contributed by atoms with van der Waals surface area (Å²) in [6.45, 7) is -2.84. The number of nitro benzene ring substituents is 1. The number of nitrogens with zero attached hydrogens (tertiary/aromatic N) is 1. The Labute approximate surface area is 152 Å². The molecule has 0 heterocycles. The molecule has 0 saturated heterocycles. The molecule has 2 aromatic carbocycles. The lowest BCUT2D eigenvalue weighted by molar-refractivity contribution is -0.384. The second kappa shape index (κ2) is 8.95. The van der Waals surface area contributed by atoms with Crippen molar-refractivity contribution in [2.75, 3.05) is 17.2 Å². The lowest BCUT2D eigenvalue weighted by Crippen LogP contribution is -2.16. The summed E-state index contributed by atoms with van der Waals surface area (Å²) in [5.74, 6) is -0.576. The van der Waals surface area contributed by atoms with Crippen LogP contribution in [0.1, 0.15) is 6.42 Å². The molecular weight excluding hydrogens is 372 g/mol. The molecule has 2 aromatic rings. The second-order valence-corrected chi connectivity index (χ2v) is 5.43. The molecule has 10 heteroatoms. The zero-order valence-corrected chi connectivity index (χ0v) is 14.0. The van der Waals surface area contributed by atoms with E-state index in [2.05, 4.69) is 15.4 Å². The van der Waals surface area contributed by atoms with E-state index in [1.54, 1.807) is 12.1 Å². The number of alkyl halides is 2. The number of anilines is 2. The number of hydrogen-bond donors (Lipinski definition) is 2. The number of hydrogen-bond acceptors (Lipinski definition) is 5. The molecule has 0 bridgehead atoms. The van der Waals surface area contributed by atoms with Crippen LogP contribution < -0.4 is 15.4 Å². The van der Waals surface area contributed by atoms with Crippen molar-refractivity contribution in [1.29, 1.82) is 0 Å². The second-order valence-electron chi connectivity index (χ2n) is 5.02. The number of amides is 1. The van der Waals surface area contributed by atoms with Crippen LogP contribution >= 0.6 is 11.6 Å². The summed E-state index contributed by atoms with van der Waals surface area (Å²) in [7, 11) is 0. The van der Waals surface area contributed by atoms with E-state index >= 15 is 0 Å². The quantitative estimate of drug-likeness (QED) is 0.522. The minimum atomic E-state index is -3.00. The number of carbonyl (C=O) groups is 1.